The zero-order valence-electron chi connectivity index (χ0n) is 8.53. The number of hydrogen-bond donors (Lipinski definition) is 1. The summed E-state index contributed by atoms with van der Waals surface area (Å²) in [7, 11) is 0. The van der Waals surface area contributed by atoms with Crippen LogP contribution in [0.1, 0.15) is 30.4 Å². The van der Waals surface area contributed by atoms with E-state index >= 15 is 0 Å². The third-order valence-electron chi connectivity index (χ3n) is 3.24. The van der Waals surface area contributed by atoms with E-state index in [1.54, 1.807) is 13.0 Å². The Morgan fingerprint density at radius 3 is 2.93 bits per heavy atom. The lowest BCUT2D eigenvalue weighted by molar-refractivity contribution is -0.142. The van der Waals surface area contributed by atoms with Gasteiger partial charge in [-0.05, 0) is 36.0 Å². The van der Waals surface area contributed by atoms with E-state index in [2.05, 4.69) is 0 Å². The predicted octanol–water partition coefficient (Wildman–Crippen LogP) is 2.58. The second-order valence-corrected chi connectivity index (χ2v) is 4.08. The maximum Gasteiger partial charge on any atom is 0.307 e. The number of carbonyl (C=O) groups is 1. The fraction of sp³-hybridized carbons (Fsp3) is 0.417. The summed E-state index contributed by atoms with van der Waals surface area (Å²) in [4.78, 5) is 11.0. The van der Waals surface area contributed by atoms with Crippen LogP contribution in [0, 0.1) is 11.7 Å². The average Bonchev–Trinajstić information content (AvgIpc) is 2.17. The maximum absolute atomic E-state index is 13.6. The van der Waals surface area contributed by atoms with Gasteiger partial charge in [-0.2, -0.15) is 0 Å². The molecule has 0 saturated heterocycles. The summed E-state index contributed by atoms with van der Waals surface area (Å²) in [5.74, 6) is -1.77. The number of rotatable bonds is 1. The molecule has 0 bridgehead atoms. The molecule has 2 unspecified atom stereocenters. The van der Waals surface area contributed by atoms with Crippen molar-refractivity contribution in [2.24, 2.45) is 5.92 Å². The van der Waals surface area contributed by atoms with Crippen LogP contribution in [0.5, 0.6) is 0 Å². The summed E-state index contributed by atoms with van der Waals surface area (Å²) >= 11 is 0. The van der Waals surface area contributed by atoms with Gasteiger partial charge in [-0.3, -0.25) is 4.79 Å². The highest BCUT2D eigenvalue weighted by atomic mass is 19.1. The van der Waals surface area contributed by atoms with E-state index in [4.69, 9.17) is 5.11 Å². The molecule has 0 amide bonds. The zero-order chi connectivity index (χ0) is 11.0. The molecule has 0 spiro atoms. The van der Waals surface area contributed by atoms with Crippen LogP contribution in [0.15, 0.2) is 18.2 Å². The van der Waals surface area contributed by atoms with E-state index in [0.717, 1.165) is 5.56 Å². The van der Waals surface area contributed by atoms with Gasteiger partial charge in [-0.25, -0.2) is 4.39 Å². The first-order valence-electron chi connectivity index (χ1n) is 5.11. The molecule has 3 heteroatoms. The number of aliphatic carboxylic acids is 1. The lowest BCUT2D eigenvalue weighted by Gasteiger charge is -2.28. The summed E-state index contributed by atoms with van der Waals surface area (Å²) in [6.07, 6.45) is 1.27. The Morgan fingerprint density at radius 2 is 2.27 bits per heavy atom. The molecule has 1 aliphatic rings. The molecule has 2 atom stereocenters. The zero-order valence-corrected chi connectivity index (χ0v) is 8.53. The number of aryl methyl sites for hydroxylation is 1. The third-order valence-corrected chi connectivity index (χ3v) is 3.24. The van der Waals surface area contributed by atoms with Gasteiger partial charge in [0.15, 0.2) is 0 Å². The SMILES string of the molecule is CC1c2c(F)cccc2CCC1C(=O)O. The van der Waals surface area contributed by atoms with E-state index < -0.39 is 11.9 Å². The fourth-order valence-corrected chi connectivity index (χ4v) is 2.41. The van der Waals surface area contributed by atoms with E-state index in [0.29, 0.717) is 18.4 Å². The number of hydrogen-bond acceptors (Lipinski definition) is 1. The normalized spacial score (nSPS) is 24.7. The minimum absolute atomic E-state index is 0.229. The van der Waals surface area contributed by atoms with Gasteiger partial charge in [0.25, 0.3) is 0 Å². The van der Waals surface area contributed by atoms with Crippen molar-refractivity contribution < 1.29 is 14.3 Å². The van der Waals surface area contributed by atoms with Crippen LogP contribution >= 0.6 is 0 Å². The molecule has 1 aliphatic carbocycles. The van der Waals surface area contributed by atoms with E-state index in [-0.39, 0.29) is 11.7 Å². The lowest BCUT2D eigenvalue weighted by atomic mass is 9.76. The highest BCUT2D eigenvalue weighted by Gasteiger charge is 2.32. The van der Waals surface area contributed by atoms with Crippen LogP contribution in [0.2, 0.25) is 0 Å². The Labute approximate surface area is 87.7 Å². The Kier molecular flexibility index (Phi) is 2.47. The molecule has 1 aromatic rings. The Hall–Kier alpha value is -1.38. The number of halogens is 1. The van der Waals surface area contributed by atoms with Gasteiger partial charge in [0, 0.05) is 0 Å². The van der Waals surface area contributed by atoms with Crippen molar-refractivity contribution in [3.8, 4) is 0 Å². The third kappa shape index (κ3) is 1.62. The highest BCUT2D eigenvalue weighted by Crippen LogP contribution is 2.37. The first-order chi connectivity index (χ1) is 7.11. The molecule has 0 aromatic heterocycles. The van der Waals surface area contributed by atoms with Gasteiger partial charge in [0.2, 0.25) is 0 Å². The first-order valence-corrected chi connectivity index (χ1v) is 5.11. The molecule has 2 nitrogen and oxygen atoms in total. The quantitative estimate of drug-likeness (QED) is 0.770. The molecule has 0 heterocycles. The van der Waals surface area contributed by atoms with E-state index in [1.165, 1.54) is 6.07 Å². The Balaban J connectivity index is 2.45. The molecule has 1 N–H and O–H groups in total. The molecule has 0 fully saturated rings. The number of fused-ring (bicyclic) bond motifs is 1. The highest BCUT2D eigenvalue weighted by molar-refractivity contribution is 5.72. The molecule has 2 rings (SSSR count). The van der Waals surface area contributed by atoms with Crippen molar-refractivity contribution >= 4 is 5.97 Å². The van der Waals surface area contributed by atoms with Crippen LogP contribution in [0.3, 0.4) is 0 Å². The average molecular weight is 208 g/mol. The van der Waals surface area contributed by atoms with Crippen molar-refractivity contribution in [1.29, 1.82) is 0 Å². The lowest BCUT2D eigenvalue weighted by Crippen LogP contribution is -2.26. The minimum Gasteiger partial charge on any atom is -0.481 e. The smallest absolute Gasteiger partial charge is 0.307 e. The molecule has 15 heavy (non-hydrogen) atoms. The van der Waals surface area contributed by atoms with Crippen LogP contribution in [0.25, 0.3) is 0 Å². The Morgan fingerprint density at radius 1 is 1.53 bits per heavy atom. The van der Waals surface area contributed by atoms with Gasteiger partial charge in [-0.15, -0.1) is 0 Å². The van der Waals surface area contributed by atoms with E-state index in [1.807, 2.05) is 6.07 Å². The van der Waals surface area contributed by atoms with Crippen LogP contribution in [-0.2, 0) is 11.2 Å². The number of carboxylic acids is 1. The largest absolute Gasteiger partial charge is 0.481 e. The number of carboxylic acid groups (broad SMARTS) is 1. The fourth-order valence-electron chi connectivity index (χ4n) is 2.41. The summed E-state index contributed by atoms with van der Waals surface area (Å²) < 4.78 is 13.6. The second kappa shape index (κ2) is 3.65. The van der Waals surface area contributed by atoms with Gasteiger partial charge >= 0.3 is 5.97 Å². The van der Waals surface area contributed by atoms with Crippen molar-refractivity contribution in [2.75, 3.05) is 0 Å². The molecule has 0 saturated carbocycles. The van der Waals surface area contributed by atoms with Gasteiger partial charge in [-0.1, -0.05) is 19.1 Å². The standard InChI is InChI=1S/C12H13FO2/c1-7-9(12(14)15)6-5-8-3-2-4-10(13)11(7)8/h2-4,7,9H,5-6H2,1H3,(H,14,15). The second-order valence-electron chi connectivity index (χ2n) is 4.08. The van der Waals surface area contributed by atoms with Crippen molar-refractivity contribution in [3.05, 3.63) is 35.1 Å². The molecule has 0 aliphatic heterocycles. The van der Waals surface area contributed by atoms with Crippen LogP contribution in [0.4, 0.5) is 4.39 Å². The summed E-state index contributed by atoms with van der Waals surface area (Å²) in [5, 5.41) is 9.00. The van der Waals surface area contributed by atoms with Gasteiger partial charge in [0.1, 0.15) is 5.82 Å². The van der Waals surface area contributed by atoms with Crippen LogP contribution < -0.4 is 0 Å². The molecular formula is C12H13FO2. The topological polar surface area (TPSA) is 37.3 Å². The van der Waals surface area contributed by atoms with E-state index in [9.17, 15) is 9.18 Å². The van der Waals surface area contributed by atoms with Crippen molar-refractivity contribution in [3.63, 3.8) is 0 Å². The predicted molar refractivity (Wildman–Crippen MR) is 54.3 cm³/mol. The van der Waals surface area contributed by atoms with Gasteiger partial charge in [0.05, 0.1) is 5.92 Å². The summed E-state index contributed by atoms with van der Waals surface area (Å²) in [6.45, 7) is 1.79. The maximum atomic E-state index is 13.6. The first kappa shape index (κ1) is 10.1. The van der Waals surface area contributed by atoms with Gasteiger partial charge < -0.3 is 5.11 Å². The molecule has 80 valence electrons. The Bertz CT molecular complexity index is 401. The van der Waals surface area contributed by atoms with Crippen molar-refractivity contribution in [2.45, 2.75) is 25.7 Å². The monoisotopic (exact) mass is 208 g/mol. The molecule has 0 radical (unpaired) electrons. The summed E-state index contributed by atoms with van der Waals surface area (Å²) in [5.41, 5.74) is 1.55. The van der Waals surface area contributed by atoms with Crippen LogP contribution in [-0.4, -0.2) is 11.1 Å². The van der Waals surface area contributed by atoms with Crippen molar-refractivity contribution in [1.82, 2.24) is 0 Å². The minimum atomic E-state index is -0.823. The number of benzene rings is 1. The summed E-state index contributed by atoms with van der Waals surface area (Å²) in [6, 6.07) is 4.97. The molecular weight excluding hydrogens is 195 g/mol. The molecule has 1 aromatic carbocycles.